The number of esters is 1. The fourth-order valence-electron chi connectivity index (χ4n) is 2.41. The molecule has 0 saturated carbocycles. The second-order valence-electron chi connectivity index (χ2n) is 5.02. The van der Waals surface area contributed by atoms with E-state index >= 15 is 0 Å². The van der Waals surface area contributed by atoms with Crippen LogP contribution in [0.1, 0.15) is 16.1 Å². The second kappa shape index (κ2) is 6.82. The third kappa shape index (κ3) is 3.89. The van der Waals surface area contributed by atoms with Crippen molar-refractivity contribution in [1.29, 1.82) is 0 Å². The summed E-state index contributed by atoms with van der Waals surface area (Å²) in [4.78, 5) is 21.0. The Bertz CT molecular complexity index is 542. The quantitative estimate of drug-likeness (QED) is 0.644. The van der Waals surface area contributed by atoms with E-state index in [2.05, 4.69) is 14.8 Å². The van der Waals surface area contributed by atoms with Crippen molar-refractivity contribution in [3.63, 3.8) is 0 Å². The molecule has 0 unspecified atom stereocenters. The van der Waals surface area contributed by atoms with Crippen LogP contribution in [0.4, 0.5) is 5.82 Å². The van der Waals surface area contributed by atoms with Gasteiger partial charge in [-0.2, -0.15) is 0 Å². The number of aryl methyl sites for hydroxylation is 1. The lowest BCUT2D eigenvalue weighted by molar-refractivity contribution is 0.0599. The average Bonchev–Trinajstić information content (AvgIpc) is 2.46. The van der Waals surface area contributed by atoms with Crippen LogP contribution in [0, 0.1) is 6.92 Å². The van der Waals surface area contributed by atoms with Crippen LogP contribution in [-0.4, -0.2) is 60.7 Å². The number of carbonyl (C=O) groups excluding carboxylic acids is 1. The molecule has 1 aliphatic rings. The smallest absolute Gasteiger partial charge is 0.339 e. The van der Waals surface area contributed by atoms with Crippen LogP contribution >= 0.6 is 12.2 Å². The maximum atomic E-state index is 11.6. The molecular formula is C14H20N4O2S. The molecule has 2 heterocycles. The number of hydrogen-bond donors (Lipinski definition) is 1. The van der Waals surface area contributed by atoms with Crippen molar-refractivity contribution in [3.05, 3.63) is 23.4 Å². The molecule has 1 saturated heterocycles. The first-order valence-corrected chi connectivity index (χ1v) is 7.23. The van der Waals surface area contributed by atoms with Gasteiger partial charge in [0, 0.05) is 32.7 Å². The van der Waals surface area contributed by atoms with Crippen molar-refractivity contribution >= 4 is 29.0 Å². The standard InChI is InChI=1S/C14H20N4O2S/c1-10-11(14(19)20-2)3-4-13(16-10)18-7-5-17(6-8-18)9-12(15)21/h3-4H,5-9H2,1-2H3,(H2,15,21). The van der Waals surface area contributed by atoms with E-state index in [-0.39, 0.29) is 5.97 Å². The van der Waals surface area contributed by atoms with Gasteiger partial charge in [0.2, 0.25) is 0 Å². The monoisotopic (exact) mass is 308 g/mol. The van der Waals surface area contributed by atoms with Gasteiger partial charge >= 0.3 is 5.97 Å². The Balaban J connectivity index is 2.02. The molecule has 0 atom stereocenters. The summed E-state index contributed by atoms with van der Waals surface area (Å²) in [6.45, 7) is 6.02. The highest BCUT2D eigenvalue weighted by Crippen LogP contribution is 2.17. The first kappa shape index (κ1) is 15.7. The molecule has 1 aromatic rings. The predicted molar refractivity (Wildman–Crippen MR) is 85.8 cm³/mol. The maximum Gasteiger partial charge on any atom is 0.339 e. The zero-order valence-corrected chi connectivity index (χ0v) is 13.2. The van der Waals surface area contributed by atoms with E-state index in [9.17, 15) is 4.79 Å². The third-order valence-corrected chi connectivity index (χ3v) is 3.68. The van der Waals surface area contributed by atoms with Crippen LogP contribution in [0.3, 0.4) is 0 Å². The molecule has 2 N–H and O–H groups in total. The maximum absolute atomic E-state index is 11.6. The van der Waals surface area contributed by atoms with Gasteiger partial charge in [-0.1, -0.05) is 12.2 Å². The SMILES string of the molecule is COC(=O)c1ccc(N2CCN(CC(N)=S)CC2)nc1C. The lowest BCUT2D eigenvalue weighted by Gasteiger charge is -2.35. The Morgan fingerprint density at radius 1 is 1.38 bits per heavy atom. The number of anilines is 1. The van der Waals surface area contributed by atoms with E-state index in [4.69, 9.17) is 22.7 Å². The minimum Gasteiger partial charge on any atom is -0.465 e. The molecule has 0 aliphatic carbocycles. The second-order valence-corrected chi connectivity index (χ2v) is 5.55. The molecule has 1 aromatic heterocycles. The van der Waals surface area contributed by atoms with Crippen LogP contribution in [0.15, 0.2) is 12.1 Å². The van der Waals surface area contributed by atoms with E-state index in [1.54, 1.807) is 6.07 Å². The Hall–Kier alpha value is -1.73. The number of pyridine rings is 1. The summed E-state index contributed by atoms with van der Waals surface area (Å²) in [6, 6.07) is 3.63. The fourth-order valence-corrected chi connectivity index (χ4v) is 2.59. The van der Waals surface area contributed by atoms with Crippen LogP contribution in [0.2, 0.25) is 0 Å². The zero-order valence-electron chi connectivity index (χ0n) is 12.3. The van der Waals surface area contributed by atoms with Gasteiger partial charge in [0.25, 0.3) is 0 Å². The topological polar surface area (TPSA) is 71.7 Å². The number of nitrogens with two attached hydrogens (primary N) is 1. The van der Waals surface area contributed by atoms with Gasteiger partial charge in [-0.05, 0) is 19.1 Å². The first-order chi connectivity index (χ1) is 10.0. The van der Waals surface area contributed by atoms with Crippen LogP contribution < -0.4 is 10.6 Å². The van der Waals surface area contributed by atoms with Crippen LogP contribution in [0.5, 0.6) is 0 Å². The number of nitrogens with zero attached hydrogens (tertiary/aromatic N) is 3. The molecule has 0 spiro atoms. The molecule has 21 heavy (non-hydrogen) atoms. The lowest BCUT2D eigenvalue weighted by Crippen LogP contribution is -2.48. The van der Waals surface area contributed by atoms with Crippen molar-refractivity contribution in [2.24, 2.45) is 5.73 Å². The van der Waals surface area contributed by atoms with Gasteiger partial charge in [0.05, 0.1) is 23.4 Å². The van der Waals surface area contributed by atoms with E-state index in [0.717, 1.165) is 32.0 Å². The number of methoxy groups -OCH3 is 1. The number of carbonyl (C=O) groups is 1. The van der Waals surface area contributed by atoms with Gasteiger partial charge in [-0.3, -0.25) is 4.90 Å². The summed E-state index contributed by atoms with van der Waals surface area (Å²) in [6.07, 6.45) is 0. The fraction of sp³-hybridized carbons (Fsp3) is 0.500. The Labute approximate surface area is 129 Å². The lowest BCUT2D eigenvalue weighted by atomic mass is 10.2. The normalized spacial score (nSPS) is 15.8. The molecule has 2 rings (SSSR count). The summed E-state index contributed by atoms with van der Waals surface area (Å²) < 4.78 is 4.73. The van der Waals surface area contributed by atoms with Crippen molar-refractivity contribution in [3.8, 4) is 0 Å². The largest absolute Gasteiger partial charge is 0.465 e. The van der Waals surface area contributed by atoms with Crippen molar-refractivity contribution in [2.75, 3.05) is 44.7 Å². The Morgan fingerprint density at radius 3 is 2.57 bits per heavy atom. The summed E-state index contributed by atoms with van der Waals surface area (Å²) in [5, 5.41) is 0. The van der Waals surface area contributed by atoms with Gasteiger partial charge in [0.1, 0.15) is 5.82 Å². The van der Waals surface area contributed by atoms with Gasteiger partial charge in [-0.25, -0.2) is 9.78 Å². The number of rotatable bonds is 4. The highest BCUT2D eigenvalue weighted by Gasteiger charge is 2.19. The molecule has 0 aromatic carbocycles. The molecule has 0 amide bonds. The average molecular weight is 308 g/mol. The molecule has 6 nitrogen and oxygen atoms in total. The van der Waals surface area contributed by atoms with Crippen molar-refractivity contribution < 1.29 is 9.53 Å². The van der Waals surface area contributed by atoms with Gasteiger partial charge in [-0.15, -0.1) is 0 Å². The highest BCUT2D eigenvalue weighted by molar-refractivity contribution is 7.80. The minimum atomic E-state index is -0.354. The summed E-state index contributed by atoms with van der Waals surface area (Å²) in [5.74, 6) is 0.531. The van der Waals surface area contributed by atoms with E-state index < -0.39 is 0 Å². The van der Waals surface area contributed by atoms with Gasteiger partial charge in [0.15, 0.2) is 0 Å². The summed E-state index contributed by atoms with van der Waals surface area (Å²) >= 11 is 4.93. The number of hydrogen-bond acceptors (Lipinski definition) is 6. The van der Waals surface area contributed by atoms with E-state index in [0.29, 0.717) is 22.8 Å². The van der Waals surface area contributed by atoms with Gasteiger partial charge < -0.3 is 15.4 Å². The number of aromatic nitrogens is 1. The summed E-state index contributed by atoms with van der Waals surface area (Å²) in [5.41, 5.74) is 6.76. The van der Waals surface area contributed by atoms with Crippen molar-refractivity contribution in [1.82, 2.24) is 9.88 Å². The zero-order chi connectivity index (χ0) is 15.4. The molecule has 114 valence electrons. The Morgan fingerprint density at radius 2 is 2.05 bits per heavy atom. The van der Waals surface area contributed by atoms with Crippen molar-refractivity contribution in [2.45, 2.75) is 6.92 Å². The Kier molecular flexibility index (Phi) is 5.08. The molecule has 1 fully saturated rings. The molecule has 1 aliphatic heterocycles. The van der Waals surface area contributed by atoms with Crippen LogP contribution in [0.25, 0.3) is 0 Å². The molecule has 0 bridgehead atoms. The first-order valence-electron chi connectivity index (χ1n) is 6.83. The summed E-state index contributed by atoms with van der Waals surface area (Å²) in [7, 11) is 1.37. The minimum absolute atomic E-state index is 0.354. The molecule has 7 heteroatoms. The number of piperazine rings is 1. The van der Waals surface area contributed by atoms with E-state index in [1.165, 1.54) is 7.11 Å². The number of ether oxygens (including phenoxy) is 1. The number of thiocarbonyl (C=S) groups is 1. The molecular weight excluding hydrogens is 288 g/mol. The predicted octanol–water partition coefficient (Wildman–Crippen LogP) is 0.585. The van der Waals surface area contributed by atoms with Crippen LogP contribution in [-0.2, 0) is 4.74 Å². The van der Waals surface area contributed by atoms with E-state index in [1.807, 2.05) is 13.0 Å². The third-order valence-electron chi connectivity index (χ3n) is 3.55. The highest BCUT2D eigenvalue weighted by atomic mass is 32.1. The molecule has 0 radical (unpaired) electrons.